The standard InChI is InChI=1S/C25H25FN7O2/c1-35-22-3-2-16(10-21(22)26)25(34)31-8-5-18(6-9-31)32-13-19(14-32)33-12-17(11-30-33)23-20-4-7-27-24(20)29-15-28-23/h2-4,7,10-12,15,18H,5-6,8-9,13-14H2,1H3,(H,27,28,29). The van der Waals surface area contributed by atoms with Crippen LogP contribution in [0.1, 0.15) is 23.2 Å². The minimum atomic E-state index is -0.518. The first kappa shape index (κ1) is 21.7. The monoisotopic (exact) mass is 474 g/mol. The van der Waals surface area contributed by atoms with Crippen LogP contribution in [0.25, 0.3) is 22.3 Å². The second kappa shape index (κ2) is 8.77. The lowest BCUT2D eigenvalue weighted by Gasteiger charge is -2.46. The predicted molar refractivity (Wildman–Crippen MR) is 127 cm³/mol. The van der Waals surface area contributed by atoms with Crippen LogP contribution in [-0.2, 0) is 0 Å². The van der Waals surface area contributed by atoms with E-state index in [-0.39, 0.29) is 11.7 Å². The van der Waals surface area contributed by atoms with E-state index in [1.807, 2.05) is 34.2 Å². The Morgan fingerprint density at radius 2 is 2.00 bits per heavy atom. The van der Waals surface area contributed by atoms with Crippen molar-refractivity contribution in [3.8, 4) is 17.0 Å². The Morgan fingerprint density at radius 3 is 2.77 bits per heavy atom. The highest BCUT2D eigenvalue weighted by atomic mass is 19.1. The van der Waals surface area contributed by atoms with Crippen molar-refractivity contribution in [2.75, 3.05) is 33.3 Å². The molecular weight excluding hydrogens is 449 g/mol. The molecule has 179 valence electrons. The molecule has 1 N–H and O–H groups in total. The summed E-state index contributed by atoms with van der Waals surface area (Å²) in [5.74, 6) is -0.508. The molecule has 2 aliphatic heterocycles. The van der Waals surface area contributed by atoms with E-state index in [0.717, 1.165) is 48.2 Å². The lowest BCUT2D eigenvalue weighted by molar-refractivity contribution is 0.0514. The number of aromatic amines is 1. The van der Waals surface area contributed by atoms with Crippen LogP contribution in [0.2, 0.25) is 0 Å². The maximum atomic E-state index is 14.0. The van der Waals surface area contributed by atoms with E-state index in [1.165, 1.54) is 25.3 Å². The quantitative estimate of drug-likeness (QED) is 0.478. The Balaban J connectivity index is 1.04. The molecule has 0 spiro atoms. The molecule has 1 radical (unpaired) electrons. The van der Waals surface area contributed by atoms with Gasteiger partial charge in [-0.15, -0.1) is 0 Å². The number of fused-ring (bicyclic) bond motifs is 1. The molecule has 2 fully saturated rings. The zero-order valence-electron chi connectivity index (χ0n) is 19.3. The van der Waals surface area contributed by atoms with Gasteiger partial charge in [-0.1, -0.05) is 0 Å². The fraction of sp³-hybridized carbons (Fsp3) is 0.320. The zero-order chi connectivity index (χ0) is 23.9. The first-order chi connectivity index (χ1) is 17.1. The van der Waals surface area contributed by atoms with Crippen LogP contribution in [0, 0.1) is 11.9 Å². The van der Waals surface area contributed by atoms with Crippen LogP contribution in [0.5, 0.6) is 5.75 Å². The molecule has 4 aromatic rings. The Kier molecular flexibility index (Phi) is 5.44. The van der Waals surface area contributed by atoms with E-state index in [2.05, 4.69) is 25.0 Å². The summed E-state index contributed by atoms with van der Waals surface area (Å²) in [4.78, 5) is 28.9. The number of halogens is 1. The SMILES string of the molecule is COc1ccc(C(=O)N2CCC(N3C[C](n4cc(-c5ncnc6[nH]ccc56)cn4)C3)CC2)cc1F. The fourth-order valence-corrected chi connectivity index (χ4v) is 4.96. The summed E-state index contributed by atoms with van der Waals surface area (Å²) in [5.41, 5.74) is 3.00. The van der Waals surface area contributed by atoms with E-state index in [0.29, 0.717) is 24.7 Å². The Hall–Kier alpha value is -3.79. The minimum absolute atomic E-state index is 0.133. The van der Waals surface area contributed by atoms with Crippen molar-refractivity contribution in [3.63, 3.8) is 0 Å². The molecule has 0 bridgehead atoms. The number of nitrogens with one attached hydrogen (secondary N) is 1. The van der Waals surface area contributed by atoms with Gasteiger partial charge in [0, 0.05) is 61.1 Å². The van der Waals surface area contributed by atoms with Crippen LogP contribution < -0.4 is 4.74 Å². The molecule has 0 atom stereocenters. The van der Waals surface area contributed by atoms with Crippen LogP contribution in [-0.4, -0.2) is 79.8 Å². The number of piperidine rings is 1. The second-order valence-corrected chi connectivity index (χ2v) is 8.98. The van der Waals surface area contributed by atoms with Gasteiger partial charge in [-0.25, -0.2) is 14.4 Å². The molecule has 6 rings (SSSR count). The van der Waals surface area contributed by atoms with Crippen molar-refractivity contribution in [3.05, 3.63) is 66.6 Å². The Morgan fingerprint density at radius 1 is 1.17 bits per heavy atom. The van der Waals surface area contributed by atoms with E-state index < -0.39 is 5.82 Å². The highest BCUT2D eigenvalue weighted by molar-refractivity contribution is 5.94. The largest absolute Gasteiger partial charge is 0.494 e. The van der Waals surface area contributed by atoms with Gasteiger partial charge < -0.3 is 14.6 Å². The average Bonchev–Trinajstić information content (AvgIpc) is 3.53. The second-order valence-electron chi connectivity index (χ2n) is 8.98. The number of aromatic nitrogens is 5. The summed E-state index contributed by atoms with van der Waals surface area (Å²) < 4.78 is 20.9. The number of carbonyl (C=O) groups is 1. The van der Waals surface area contributed by atoms with E-state index in [1.54, 1.807) is 12.4 Å². The molecule has 2 saturated heterocycles. The van der Waals surface area contributed by atoms with Crippen molar-refractivity contribution < 1.29 is 13.9 Å². The highest BCUT2D eigenvalue weighted by Crippen LogP contribution is 2.30. The number of nitrogens with zero attached hydrogens (tertiary/aromatic N) is 6. The smallest absolute Gasteiger partial charge is 0.253 e. The number of carbonyl (C=O) groups excluding carboxylic acids is 1. The summed E-state index contributed by atoms with van der Waals surface area (Å²) in [6, 6.07) is 8.01. The molecule has 9 nitrogen and oxygen atoms in total. The minimum Gasteiger partial charge on any atom is -0.494 e. The maximum Gasteiger partial charge on any atom is 0.253 e. The molecular formula is C25H25FN7O2. The topological polar surface area (TPSA) is 92.2 Å². The summed E-state index contributed by atoms with van der Waals surface area (Å²) >= 11 is 0. The third kappa shape index (κ3) is 3.93. The van der Waals surface area contributed by atoms with Gasteiger partial charge in [0.15, 0.2) is 11.6 Å². The van der Waals surface area contributed by atoms with Crippen LogP contribution >= 0.6 is 0 Å². The van der Waals surface area contributed by atoms with Crippen molar-refractivity contribution in [1.82, 2.24) is 34.5 Å². The molecule has 1 aromatic carbocycles. The molecule has 0 aliphatic carbocycles. The molecule has 0 saturated carbocycles. The Bertz CT molecular complexity index is 1370. The summed E-state index contributed by atoms with van der Waals surface area (Å²) in [6.07, 6.45) is 9.09. The van der Waals surface area contributed by atoms with Gasteiger partial charge >= 0.3 is 0 Å². The lowest BCUT2D eigenvalue weighted by atomic mass is 9.97. The van der Waals surface area contributed by atoms with Gasteiger partial charge in [0.05, 0.1) is 19.0 Å². The number of hydrogen-bond donors (Lipinski definition) is 1. The van der Waals surface area contributed by atoms with E-state index in [9.17, 15) is 9.18 Å². The van der Waals surface area contributed by atoms with Crippen LogP contribution in [0.3, 0.4) is 0 Å². The third-order valence-electron chi connectivity index (χ3n) is 6.97. The van der Waals surface area contributed by atoms with E-state index >= 15 is 0 Å². The molecule has 35 heavy (non-hydrogen) atoms. The van der Waals surface area contributed by atoms with Crippen molar-refractivity contribution in [1.29, 1.82) is 0 Å². The average molecular weight is 475 g/mol. The first-order valence-corrected chi connectivity index (χ1v) is 11.7. The van der Waals surface area contributed by atoms with Gasteiger partial charge in [0.1, 0.15) is 18.0 Å². The predicted octanol–water partition coefficient (Wildman–Crippen LogP) is 2.97. The number of amides is 1. The van der Waals surface area contributed by atoms with Gasteiger partial charge in [0.25, 0.3) is 5.91 Å². The normalized spacial score (nSPS) is 17.6. The van der Waals surface area contributed by atoms with E-state index in [4.69, 9.17) is 4.74 Å². The fourth-order valence-electron chi connectivity index (χ4n) is 4.96. The summed E-state index contributed by atoms with van der Waals surface area (Å²) in [6.45, 7) is 3.03. The molecule has 2 aliphatic rings. The number of methoxy groups -OCH3 is 1. The zero-order valence-corrected chi connectivity index (χ0v) is 19.3. The number of H-pyrrole nitrogens is 1. The number of likely N-dealkylation sites (tertiary alicyclic amines) is 2. The first-order valence-electron chi connectivity index (χ1n) is 11.7. The lowest BCUT2D eigenvalue weighted by Crippen LogP contribution is -2.56. The highest BCUT2D eigenvalue weighted by Gasteiger charge is 2.37. The van der Waals surface area contributed by atoms with Gasteiger partial charge in [0.2, 0.25) is 0 Å². The molecule has 5 heterocycles. The summed E-state index contributed by atoms with van der Waals surface area (Å²) in [5, 5.41) is 5.54. The van der Waals surface area contributed by atoms with Crippen LogP contribution in [0.15, 0.2) is 49.2 Å². The van der Waals surface area contributed by atoms with Crippen molar-refractivity contribution in [2.45, 2.75) is 18.9 Å². The number of rotatable bonds is 5. The Labute approximate surface area is 201 Å². The molecule has 0 unspecified atom stereocenters. The van der Waals surface area contributed by atoms with Gasteiger partial charge in [-0.2, -0.15) is 5.10 Å². The molecule has 3 aromatic heterocycles. The van der Waals surface area contributed by atoms with Crippen LogP contribution in [0.4, 0.5) is 4.39 Å². The van der Waals surface area contributed by atoms with Crippen molar-refractivity contribution in [2.24, 2.45) is 0 Å². The summed E-state index contributed by atoms with van der Waals surface area (Å²) in [7, 11) is 1.41. The number of benzene rings is 1. The van der Waals surface area contributed by atoms with Gasteiger partial charge in [-0.3, -0.25) is 14.4 Å². The number of hydrogen-bond acceptors (Lipinski definition) is 6. The maximum absolute atomic E-state index is 14.0. The number of ether oxygens (including phenoxy) is 1. The molecule has 1 amide bonds. The van der Waals surface area contributed by atoms with Crippen molar-refractivity contribution >= 4 is 16.9 Å². The van der Waals surface area contributed by atoms with Gasteiger partial charge in [-0.05, 0) is 37.1 Å². The molecule has 10 heteroatoms. The third-order valence-corrected chi connectivity index (χ3v) is 6.97.